The van der Waals surface area contributed by atoms with Crippen LogP contribution in [-0.2, 0) is 11.2 Å². The van der Waals surface area contributed by atoms with E-state index in [2.05, 4.69) is 25.3 Å². The van der Waals surface area contributed by atoms with Gasteiger partial charge in [-0.25, -0.2) is 9.50 Å². The lowest BCUT2D eigenvalue weighted by Gasteiger charge is -2.33. The molecule has 1 amide bonds. The van der Waals surface area contributed by atoms with Crippen molar-refractivity contribution >= 4 is 11.7 Å². The molecule has 4 heterocycles. The van der Waals surface area contributed by atoms with E-state index in [1.54, 1.807) is 10.8 Å². The predicted molar refractivity (Wildman–Crippen MR) is 108 cm³/mol. The molecular formula is C21H28N6O2. The Morgan fingerprint density at radius 3 is 2.86 bits per heavy atom. The average Bonchev–Trinajstić information content (AvgIpc) is 3.41. The standard InChI is InChI=1S/C21H28N6O2/c1-15-17(16(2)27-21(25-15)23-14-24-27)8-9-20(28)22-13-18(19-7-6-12-29-19)26-10-4-3-5-11-26/h6-7,12,14,18H,3-5,8-11,13H2,1-2H3,(H,22,28). The van der Waals surface area contributed by atoms with Crippen molar-refractivity contribution in [1.29, 1.82) is 0 Å². The highest BCUT2D eigenvalue weighted by Gasteiger charge is 2.25. The molecule has 1 aliphatic rings. The molecular weight excluding hydrogens is 368 g/mol. The molecule has 0 aliphatic carbocycles. The molecule has 8 nitrogen and oxygen atoms in total. The third-order valence-corrected chi connectivity index (χ3v) is 5.79. The van der Waals surface area contributed by atoms with Crippen molar-refractivity contribution in [3.8, 4) is 0 Å². The number of aromatic nitrogens is 4. The average molecular weight is 396 g/mol. The highest BCUT2D eigenvalue weighted by molar-refractivity contribution is 5.76. The molecule has 1 aliphatic heterocycles. The molecule has 0 saturated carbocycles. The zero-order chi connectivity index (χ0) is 20.2. The molecule has 1 N–H and O–H groups in total. The van der Waals surface area contributed by atoms with E-state index in [0.717, 1.165) is 35.8 Å². The first-order valence-corrected chi connectivity index (χ1v) is 10.3. The van der Waals surface area contributed by atoms with Gasteiger partial charge in [0.1, 0.15) is 12.1 Å². The van der Waals surface area contributed by atoms with Gasteiger partial charge in [-0.2, -0.15) is 10.1 Å². The highest BCUT2D eigenvalue weighted by Crippen LogP contribution is 2.24. The molecule has 0 aromatic carbocycles. The summed E-state index contributed by atoms with van der Waals surface area (Å²) in [7, 11) is 0. The van der Waals surface area contributed by atoms with Gasteiger partial charge in [-0.3, -0.25) is 9.69 Å². The van der Waals surface area contributed by atoms with Crippen LogP contribution < -0.4 is 5.32 Å². The molecule has 8 heteroatoms. The first-order valence-electron chi connectivity index (χ1n) is 10.3. The fourth-order valence-electron chi connectivity index (χ4n) is 4.18. The van der Waals surface area contributed by atoms with E-state index in [1.807, 2.05) is 26.0 Å². The number of nitrogens with zero attached hydrogens (tertiary/aromatic N) is 5. The number of hydrogen-bond acceptors (Lipinski definition) is 6. The summed E-state index contributed by atoms with van der Waals surface area (Å²) in [5.41, 5.74) is 2.94. The molecule has 1 fully saturated rings. The van der Waals surface area contributed by atoms with Gasteiger partial charge in [0.15, 0.2) is 0 Å². The van der Waals surface area contributed by atoms with Gasteiger partial charge >= 0.3 is 0 Å². The second kappa shape index (κ2) is 8.73. The van der Waals surface area contributed by atoms with E-state index in [0.29, 0.717) is 25.2 Å². The minimum atomic E-state index is 0.0380. The maximum absolute atomic E-state index is 12.6. The second-order valence-corrected chi connectivity index (χ2v) is 7.66. The molecule has 4 rings (SSSR count). The number of nitrogens with one attached hydrogen (secondary N) is 1. The minimum absolute atomic E-state index is 0.0380. The van der Waals surface area contributed by atoms with Gasteiger partial charge in [-0.15, -0.1) is 0 Å². The summed E-state index contributed by atoms with van der Waals surface area (Å²) in [6.45, 7) is 6.60. The quantitative estimate of drug-likeness (QED) is 0.660. The molecule has 3 aromatic heterocycles. The van der Waals surface area contributed by atoms with E-state index in [1.165, 1.54) is 25.6 Å². The van der Waals surface area contributed by atoms with Crippen LogP contribution in [0.15, 0.2) is 29.1 Å². The molecule has 29 heavy (non-hydrogen) atoms. The zero-order valence-corrected chi connectivity index (χ0v) is 17.1. The first-order chi connectivity index (χ1) is 14.1. The number of rotatable bonds is 7. The van der Waals surface area contributed by atoms with E-state index >= 15 is 0 Å². The summed E-state index contributed by atoms with van der Waals surface area (Å²) >= 11 is 0. The third-order valence-electron chi connectivity index (χ3n) is 5.79. The van der Waals surface area contributed by atoms with Crippen molar-refractivity contribution in [2.45, 2.75) is 52.0 Å². The number of furan rings is 1. The van der Waals surface area contributed by atoms with Crippen LogP contribution in [-0.4, -0.2) is 50.0 Å². The Labute approximate surface area is 170 Å². The smallest absolute Gasteiger partial charge is 0.252 e. The van der Waals surface area contributed by atoms with Crippen molar-refractivity contribution in [2.75, 3.05) is 19.6 Å². The number of fused-ring (bicyclic) bond motifs is 1. The topological polar surface area (TPSA) is 88.6 Å². The molecule has 1 atom stereocenters. The second-order valence-electron chi connectivity index (χ2n) is 7.66. The Morgan fingerprint density at radius 2 is 2.10 bits per heavy atom. The first kappa shape index (κ1) is 19.6. The largest absolute Gasteiger partial charge is 0.468 e. The van der Waals surface area contributed by atoms with Crippen LogP contribution in [0.25, 0.3) is 5.78 Å². The van der Waals surface area contributed by atoms with Gasteiger partial charge in [-0.05, 0) is 63.9 Å². The number of carbonyl (C=O) groups excluding carboxylic acids is 1. The maximum Gasteiger partial charge on any atom is 0.252 e. The van der Waals surface area contributed by atoms with E-state index in [4.69, 9.17) is 4.42 Å². The number of carbonyl (C=O) groups is 1. The van der Waals surface area contributed by atoms with Crippen molar-refractivity contribution in [3.05, 3.63) is 47.4 Å². The minimum Gasteiger partial charge on any atom is -0.468 e. The van der Waals surface area contributed by atoms with Gasteiger partial charge in [0.05, 0.1) is 12.3 Å². The van der Waals surface area contributed by atoms with Gasteiger partial charge in [0, 0.05) is 24.4 Å². The van der Waals surface area contributed by atoms with Gasteiger partial charge in [-0.1, -0.05) is 6.42 Å². The fraction of sp³-hybridized carbons (Fsp3) is 0.524. The predicted octanol–water partition coefficient (Wildman–Crippen LogP) is 2.61. The van der Waals surface area contributed by atoms with Crippen molar-refractivity contribution in [3.63, 3.8) is 0 Å². The van der Waals surface area contributed by atoms with Crippen molar-refractivity contribution in [2.24, 2.45) is 0 Å². The van der Waals surface area contributed by atoms with Gasteiger partial charge in [0.2, 0.25) is 5.91 Å². The van der Waals surface area contributed by atoms with Crippen LogP contribution in [0.5, 0.6) is 0 Å². The Hall–Kier alpha value is -2.74. The molecule has 3 aromatic rings. The van der Waals surface area contributed by atoms with Crippen LogP contribution in [0.4, 0.5) is 0 Å². The number of piperidine rings is 1. The van der Waals surface area contributed by atoms with E-state index in [-0.39, 0.29) is 11.9 Å². The number of aryl methyl sites for hydroxylation is 2. The molecule has 1 unspecified atom stereocenters. The highest BCUT2D eigenvalue weighted by atomic mass is 16.3. The molecule has 0 bridgehead atoms. The van der Waals surface area contributed by atoms with E-state index < -0.39 is 0 Å². The molecule has 0 radical (unpaired) electrons. The molecule has 1 saturated heterocycles. The number of amides is 1. The van der Waals surface area contributed by atoms with Crippen LogP contribution in [0.2, 0.25) is 0 Å². The Kier molecular flexibility index (Phi) is 5.89. The van der Waals surface area contributed by atoms with Crippen LogP contribution in [0.1, 0.15) is 54.4 Å². The van der Waals surface area contributed by atoms with Crippen LogP contribution in [0.3, 0.4) is 0 Å². The lowest BCUT2D eigenvalue weighted by Crippen LogP contribution is -2.40. The Morgan fingerprint density at radius 1 is 1.28 bits per heavy atom. The molecule has 0 spiro atoms. The Balaban J connectivity index is 1.38. The van der Waals surface area contributed by atoms with Crippen molar-refractivity contribution in [1.82, 2.24) is 29.8 Å². The van der Waals surface area contributed by atoms with Crippen LogP contribution >= 0.6 is 0 Å². The number of likely N-dealkylation sites (tertiary alicyclic amines) is 1. The lowest BCUT2D eigenvalue weighted by atomic mass is 10.1. The van der Waals surface area contributed by atoms with Gasteiger partial charge in [0.25, 0.3) is 5.78 Å². The fourth-order valence-corrected chi connectivity index (χ4v) is 4.18. The summed E-state index contributed by atoms with van der Waals surface area (Å²) in [5.74, 6) is 1.55. The zero-order valence-electron chi connectivity index (χ0n) is 17.1. The monoisotopic (exact) mass is 396 g/mol. The number of hydrogen-bond donors (Lipinski definition) is 1. The normalized spacial score (nSPS) is 16.2. The van der Waals surface area contributed by atoms with Crippen LogP contribution in [0, 0.1) is 13.8 Å². The van der Waals surface area contributed by atoms with Gasteiger partial charge < -0.3 is 9.73 Å². The summed E-state index contributed by atoms with van der Waals surface area (Å²) in [5, 5.41) is 7.33. The summed E-state index contributed by atoms with van der Waals surface area (Å²) in [6.07, 6.45) is 7.91. The van der Waals surface area contributed by atoms with E-state index in [9.17, 15) is 4.79 Å². The summed E-state index contributed by atoms with van der Waals surface area (Å²) < 4.78 is 7.38. The van der Waals surface area contributed by atoms with Crippen molar-refractivity contribution < 1.29 is 9.21 Å². The summed E-state index contributed by atoms with van der Waals surface area (Å²) in [6, 6.07) is 4.00. The Bertz CT molecular complexity index is 959. The third kappa shape index (κ3) is 4.32. The lowest BCUT2D eigenvalue weighted by molar-refractivity contribution is -0.121. The maximum atomic E-state index is 12.6. The SMILES string of the molecule is Cc1nc2ncnn2c(C)c1CCC(=O)NCC(c1ccco1)N1CCCCC1. The molecule has 154 valence electrons. The summed E-state index contributed by atoms with van der Waals surface area (Å²) in [4.78, 5) is 23.6.